The average Bonchev–Trinajstić information content (AvgIpc) is 2.26. The maximum atomic E-state index is 13.0. The van der Waals surface area contributed by atoms with Crippen molar-refractivity contribution >= 4 is 11.7 Å². The third-order valence-electron chi connectivity index (χ3n) is 2.35. The lowest BCUT2D eigenvalue weighted by Crippen LogP contribution is -2.36. The van der Waals surface area contributed by atoms with Gasteiger partial charge < -0.3 is 10.1 Å². The third-order valence-corrected chi connectivity index (χ3v) is 2.35. The van der Waals surface area contributed by atoms with Crippen LogP contribution >= 0.6 is 0 Å². The fourth-order valence-electron chi connectivity index (χ4n) is 1.49. The van der Waals surface area contributed by atoms with Crippen LogP contribution in [0.1, 0.15) is 20.8 Å². The normalized spacial score (nSPS) is 12.3. The van der Waals surface area contributed by atoms with E-state index in [0.717, 1.165) is 0 Å². The molecule has 1 N–H and O–H groups in total. The molecule has 0 radical (unpaired) electrons. The van der Waals surface area contributed by atoms with Crippen molar-refractivity contribution < 1.29 is 13.9 Å². The summed E-state index contributed by atoms with van der Waals surface area (Å²) >= 11 is 0. The molecule has 0 saturated heterocycles. The molecular formula is C13H18FNO2. The molecule has 4 heteroatoms. The van der Waals surface area contributed by atoms with Gasteiger partial charge in [0.2, 0.25) is 0 Å². The quantitative estimate of drug-likeness (QED) is 0.803. The largest absolute Gasteiger partial charge is 0.464 e. The van der Waals surface area contributed by atoms with Crippen molar-refractivity contribution in [3.63, 3.8) is 0 Å². The van der Waals surface area contributed by atoms with Crippen LogP contribution in [0.3, 0.4) is 0 Å². The predicted octanol–water partition coefficient (Wildman–Crippen LogP) is 2.83. The van der Waals surface area contributed by atoms with Crippen molar-refractivity contribution in [2.24, 2.45) is 5.92 Å². The van der Waals surface area contributed by atoms with Gasteiger partial charge in [-0.2, -0.15) is 0 Å². The summed E-state index contributed by atoms with van der Waals surface area (Å²) in [4.78, 5) is 11.7. The van der Waals surface area contributed by atoms with Gasteiger partial charge in [0.1, 0.15) is 11.9 Å². The van der Waals surface area contributed by atoms with Crippen molar-refractivity contribution in [2.45, 2.75) is 26.8 Å². The lowest BCUT2D eigenvalue weighted by atomic mass is 10.0. The number of esters is 1. The van der Waals surface area contributed by atoms with E-state index in [0.29, 0.717) is 12.3 Å². The van der Waals surface area contributed by atoms with Gasteiger partial charge >= 0.3 is 5.97 Å². The first-order valence-corrected chi connectivity index (χ1v) is 5.73. The number of benzene rings is 1. The van der Waals surface area contributed by atoms with Crippen LogP contribution in [-0.4, -0.2) is 18.6 Å². The van der Waals surface area contributed by atoms with Crippen molar-refractivity contribution in [3.8, 4) is 0 Å². The summed E-state index contributed by atoms with van der Waals surface area (Å²) in [5.41, 5.74) is 0.580. The second-order valence-electron chi connectivity index (χ2n) is 4.13. The summed E-state index contributed by atoms with van der Waals surface area (Å²) in [7, 11) is 0. The van der Waals surface area contributed by atoms with Crippen LogP contribution < -0.4 is 5.32 Å². The molecule has 0 aliphatic heterocycles. The minimum Gasteiger partial charge on any atom is -0.464 e. The zero-order valence-corrected chi connectivity index (χ0v) is 10.4. The van der Waals surface area contributed by atoms with Crippen LogP contribution in [0.4, 0.5) is 10.1 Å². The van der Waals surface area contributed by atoms with Gasteiger partial charge in [0.15, 0.2) is 0 Å². The highest BCUT2D eigenvalue weighted by atomic mass is 19.1. The van der Waals surface area contributed by atoms with Crippen molar-refractivity contribution in [1.29, 1.82) is 0 Å². The van der Waals surface area contributed by atoms with E-state index in [9.17, 15) is 9.18 Å². The van der Waals surface area contributed by atoms with Gasteiger partial charge in [0.25, 0.3) is 0 Å². The maximum absolute atomic E-state index is 13.0. The van der Waals surface area contributed by atoms with Gasteiger partial charge in [-0.3, -0.25) is 0 Å². The first kappa shape index (κ1) is 13.5. The van der Waals surface area contributed by atoms with Gasteiger partial charge in [-0.25, -0.2) is 9.18 Å². The number of rotatable bonds is 5. The summed E-state index contributed by atoms with van der Waals surface area (Å²) in [5.74, 6) is -0.578. The Labute approximate surface area is 101 Å². The van der Waals surface area contributed by atoms with E-state index in [1.807, 2.05) is 13.8 Å². The molecule has 0 aromatic heterocycles. The Morgan fingerprint density at radius 3 is 2.71 bits per heavy atom. The lowest BCUT2D eigenvalue weighted by molar-refractivity contribution is -0.145. The van der Waals surface area contributed by atoms with Crippen LogP contribution in [-0.2, 0) is 9.53 Å². The molecule has 0 amide bonds. The Bertz CT molecular complexity index is 379. The van der Waals surface area contributed by atoms with Gasteiger partial charge in [-0.1, -0.05) is 19.9 Å². The van der Waals surface area contributed by atoms with E-state index < -0.39 is 6.04 Å². The monoisotopic (exact) mass is 239 g/mol. The number of ether oxygens (including phenoxy) is 1. The molecule has 0 fully saturated rings. The van der Waals surface area contributed by atoms with E-state index in [1.54, 1.807) is 19.1 Å². The number of carbonyl (C=O) groups is 1. The Kier molecular flexibility index (Phi) is 4.94. The fourth-order valence-corrected chi connectivity index (χ4v) is 1.49. The Morgan fingerprint density at radius 2 is 2.18 bits per heavy atom. The minimum atomic E-state index is -0.461. The van der Waals surface area contributed by atoms with Crippen molar-refractivity contribution in [2.75, 3.05) is 11.9 Å². The van der Waals surface area contributed by atoms with Crippen LogP contribution in [0.25, 0.3) is 0 Å². The zero-order valence-electron chi connectivity index (χ0n) is 10.4. The van der Waals surface area contributed by atoms with Gasteiger partial charge in [0, 0.05) is 5.69 Å². The van der Waals surface area contributed by atoms with Crippen molar-refractivity contribution in [3.05, 3.63) is 30.1 Å². The van der Waals surface area contributed by atoms with E-state index >= 15 is 0 Å². The molecule has 3 nitrogen and oxygen atoms in total. The first-order chi connectivity index (χ1) is 8.04. The topological polar surface area (TPSA) is 38.3 Å². The second-order valence-corrected chi connectivity index (χ2v) is 4.13. The molecular weight excluding hydrogens is 221 g/mol. The summed E-state index contributed by atoms with van der Waals surface area (Å²) in [6.07, 6.45) is 0. The second kappa shape index (κ2) is 6.23. The number of nitrogens with one attached hydrogen (secondary N) is 1. The Hall–Kier alpha value is -1.58. The van der Waals surface area contributed by atoms with E-state index in [-0.39, 0.29) is 17.7 Å². The highest BCUT2D eigenvalue weighted by Gasteiger charge is 2.23. The molecule has 0 heterocycles. The molecule has 1 aromatic rings. The highest BCUT2D eigenvalue weighted by molar-refractivity contribution is 5.79. The van der Waals surface area contributed by atoms with E-state index in [2.05, 4.69) is 5.32 Å². The average molecular weight is 239 g/mol. The highest BCUT2D eigenvalue weighted by Crippen LogP contribution is 2.15. The molecule has 0 aliphatic rings. The van der Waals surface area contributed by atoms with Crippen LogP contribution in [0.15, 0.2) is 24.3 Å². The third kappa shape index (κ3) is 4.06. The van der Waals surface area contributed by atoms with E-state index in [1.165, 1.54) is 12.1 Å². The van der Waals surface area contributed by atoms with E-state index in [4.69, 9.17) is 4.74 Å². The number of hydrogen-bond donors (Lipinski definition) is 1. The summed E-state index contributed by atoms with van der Waals surface area (Å²) in [5, 5.41) is 2.99. The molecule has 0 saturated carbocycles. The fraction of sp³-hybridized carbons (Fsp3) is 0.462. The van der Waals surface area contributed by atoms with Gasteiger partial charge in [-0.15, -0.1) is 0 Å². The SMILES string of the molecule is CCOC(=O)C(Nc1cccc(F)c1)C(C)C. The number of hydrogen-bond acceptors (Lipinski definition) is 3. The van der Waals surface area contributed by atoms with Crippen LogP contribution in [0.5, 0.6) is 0 Å². The summed E-state index contributed by atoms with van der Waals surface area (Å²) in [6.45, 7) is 5.92. The van der Waals surface area contributed by atoms with Crippen LogP contribution in [0.2, 0.25) is 0 Å². The van der Waals surface area contributed by atoms with Gasteiger partial charge in [-0.05, 0) is 31.0 Å². The number of halogens is 1. The first-order valence-electron chi connectivity index (χ1n) is 5.73. The molecule has 0 aliphatic carbocycles. The molecule has 0 bridgehead atoms. The van der Waals surface area contributed by atoms with Crippen LogP contribution in [0, 0.1) is 11.7 Å². The minimum absolute atomic E-state index is 0.0670. The number of anilines is 1. The zero-order chi connectivity index (χ0) is 12.8. The molecule has 1 atom stereocenters. The lowest BCUT2D eigenvalue weighted by Gasteiger charge is -2.21. The maximum Gasteiger partial charge on any atom is 0.328 e. The molecule has 1 rings (SSSR count). The number of carbonyl (C=O) groups excluding carboxylic acids is 1. The Balaban J connectivity index is 2.76. The van der Waals surface area contributed by atoms with Gasteiger partial charge in [0.05, 0.1) is 6.61 Å². The summed E-state index contributed by atoms with van der Waals surface area (Å²) < 4.78 is 18.0. The molecule has 1 unspecified atom stereocenters. The molecule has 1 aromatic carbocycles. The molecule has 94 valence electrons. The predicted molar refractivity (Wildman–Crippen MR) is 65.3 cm³/mol. The Morgan fingerprint density at radius 1 is 1.47 bits per heavy atom. The standard InChI is InChI=1S/C13H18FNO2/c1-4-17-13(16)12(9(2)3)15-11-7-5-6-10(14)8-11/h5-9,12,15H,4H2,1-3H3. The summed E-state index contributed by atoms with van der Waals surface area (Å²) in [6, 6.07) is 5.57. The molecule has 0 spiro atoms. The smallest absolute Gasteiger partial charge is 0.328 e. The molecule has 17 heavy (non-hydrogen) atoms. The van der Waals surface area contributed by atoms with Crippen molar-refractivity contribution in [1.82, 2.24) is 0 Å².